The molecule has 1 nitrogen and oxygen atoms in total. The first-order valence-corrected chi connectivity index (χ1v) is 4.12. The Hall–Kier alpha value is -0.850. The molecular formula is C10H19N. The molecule has 1 heteroatoms. The average molecular weight is 153 g/mol. The molecule has 0 heterocycles. The molecule has 0 saturated heterocycles. The quantitative estimate of drug-likeness (QED) is 0.432. The summed E-state index contributed by atoms with van der Waals surface area (Å²) in [5.41, 5.74) is 0.928. The highest BCUT2D eigenvalue weighted by molar-refractivity contribution is 5.60. The van der Waals surface area contributed by atoms with Crippen molar-refractivity contribution >= 4 is 6.21 Å². The van der Waals surface area contributed by atoms with Gasteiger partial charge >= 0.3 is 0 Å². The van der Waals surface area contributed by atoms with Crippen molar-refractivity contribution in [2.75, 3.05) is 0 Å². The first kappa shape index (κ1) is 12.8. The summed E-state index contributed by atoms with van der Waals surface area (Å²) in [6.45, 7) is 13.3. The number of aliphatic imine (C=N–C) groups is 1. The largest absolute Gasteiger partial charge is 0.266 e. The lowest BCUT2D eigenvalue weighted by molar-refractivity contribution is 1.08. The van der Waals surface area contributed by atoms with Crippen molar-refractivity contribution in [3.63, 3.8) is 0 Å². The van der Waals surface area contributed by atoms with E-state index >= 15 is 0 Å². The molecule has 0 aromatic heterocycles. The third-order valence-electron chi connectivity index (χ3n) is 0.954. The summed E-state index contributed by atoms with van der Waals surface area (Å²) in [6.07, 6.45) is 5.39. The van der Waals surface area contributed by atoms with Crippen molar-refractivity contribution in [2.24, 2.45) is 4.99 Å². The van der Waals surface area contributed by atoms with Crippen LogP contribution in [0.1, 0.15) is 33.6 Å². The summed E-state index contributed by atoms with van der Waals surface area (Å²) >= 11 is 0. The molecule has 0 radical (unpaired) electrons. The zero-order valence-corrected chi connectivity index (χ0v) is 7.93. The second-order valence-electron chi connectivity index (χ2n) is 1.76. The molecule has 0 aliphatic carbocycles. The van der Waals surface area contributed by atoms with Crippen molar-refractivity contribution in [3.05, 3.63) is 24.9 Å². The minimum absolute atomic E-state index is 0.832. The van der Waals surface area contributed by atoms with Crippen LogP contribution in [0, 0.1) is 0 Å². The van der Waals surface area contributed by atoms with Crippen molar-refractivity contribution < 1.29 is 0 Å². The maximum Gasteiger partial charge on any atom is 0.0325 e. The number of hydrogen-bond acceptors (Lipinski definition) is 1. The first-order chi connectivity index (χ1) is 5.31. The lowest BCUT2D eigenvalue weighted by Crippen LogP contribution is -1.73. The van der Waals surface area contributed by atoms with Gasteiger partial charge in [-0.2, -0.15) is 0 Å². The Labute approximate surface area is 70.5 Å². The van der Waals surface area contributed by atoms with E-state index in [4.69, 9.17) is 0 Å². The highest BCUT2D eigenvalue weighted by Gasteiger charge is 1.78. The topological polar surface area (TPSA) is 12.4 Å². The van der Waals surface area contributed by atoms with Gasteiger partial charge in [0.15, 0.2) is 0 Å². The lowest BCUT2D eigenvalue weighted by Gasteiger charge is -1.88. The van der Waals surface area contributed by atoms with Crippen molar-refractivity contribution in [2.45, 2.75) is 33.6 Å². The summed E-state index contributed by atoms with van der Waals surface area (Å²) in [5.74, 6) is 0. The molecule has 0 atom stereocenters. The van der Waals surface area contributed by atoms with Crippen molar-refractivity contribution in [1.29, 1.82) is 0 Å². The fourth-order valence-electron chi connectivity index (χ4n) is 0.348. The molecule has 64 valence electrons. The van der Waals surface area contributed by atoms with Crippen LogP contribution < -0.4 is 0 Å². The van der Waals surface area contributed by atoms with Gasteiger partial charge in [-0.1, -0.05) is 33.4 Å². The number of allylic oxidation sites excluding steroid dienone is 2. The third kappa shape index (κ3) is 12.4. The zero-order chi connectivity index (χ0) is 9.11. The van der Waals surface area contributed by atoms with Crippen LogP contribution in [0.3, 0.4) is 0 Å². The van der Waals surface area contributed by atoms with Crippen molar-refractivity contribution in [1.82, 2.24) is 0 Å². The molecule has 0 fully saturated rings. The molecule has 0 unspecified atom stereocenters. The lowest BCUT2D eigenvalue weighted by atomic mass is 10.4. The molecule has 0 N–H and O–H groups in total. The predicted molar refractivity (Wildman–Crippen MR) is 54.1 cm³/mol. The Morgan fingerprint density at radius 1 is 1.45 bits per heavy atom. The first-order valence-electron chi connectivity index (χ1n) is 4.12. The van der Waals surface area contributed by atoms with Crippen LogP contribution in [0.4, 0.5) is 0 Å². The van der Waals surface area contributed by atoms with Crippen LogP contribution in [0.15, 0.2) is 29.9 Å². The van der Waals surface area contributed by atoms with E-state index in [-0.39, 0.29) is 0 Å². The monoisotopic (exact) mass is 153 g/mol. The maximum absolute atomic E-state index is 4.04. The van der Waals surface area contributed by atoms with Gasteiger partial charge in [0.05, 0.1) is 0 Å². The Balaban J connectivity index is 0. The molecule has 0 spiro atoms. The number of rotatable bonds is 4. The molecular weight excluding hydrogens is 134 g/mol. The molecule has 0 rings (SSSR count). The van der Waals surface area contributed by atoms with Crippen molar-refractivity contribution in [3.8, 4) is 0 Å². The minimum Gasteiger partial charge on any atom is -0.266 e. The zero-order valence-electron chi connectivity index (χ0n) is 7.93. The van der Waals surface area contributed by atoms with Gasteiger partial charge in [-0.15, -0.1) is 6.58 Å². The second kappa shape index (κ2) is 11.9. The number of hydrogen-bond donors (Lipinski definition) is 0. The maximum atomic E-state index is 4.04. The molecule has 11 heavy (non-hydrogen) atoms. The van der Waals surface area contributed by atoms with Crippen LogP contribution in [0.2, 0.25) is 0 Å². The van der Waals surface area contributed by atoms with E-state index in [1.54, 1.807) is 0 Å². The molecule has 0 aromatic carbocycles. The summed E-state index contributed by atoms with van der Waals surface area (Å²) in [4.78, 5) is 4.04. The summed E-state index contributed by atoms with van der Waals surface area (Å²) in [5, 5.41) is 0. The summed E-state index contributed by atoms with van der Waals surface area (Å²) in [6, 6.07) is 0. The summed E-state index contributed by atoms with van der Waals surface area (Å²) in [7, 11) is 0. The number of nitrogens with zero attached hydrogens (tertiary/aromatic N) is 1. The van der Waals surface area contributed by atoms with E-state index < -0.39 is 0 Å². The van der Waals surface area contributed by atoms with E-state index in [0.717, 1.165) is 18.5 Å². The standard InChI is InChI=1S/C8H13N.C2H6/c1-4-6-7-9-8(3)5-2;1-2/h4,7H,1,3,5-6H2,2H3;1-2H3. The third-order valence-corrected chi connectivity index (χ3v) is 0.954. The Kier molecular flexibility index (Phi) is 13.8. The summed E-state index contributed by atoms with van der Waals surface area (Å²) < 4.78 is 0. The van der Waals surface area contributed by atoms with Gasteiger partial charge in [0.25, 0.3) is 0 Å². The second-order valence-corrected chi connectivity index (χ2v) is 1.76. The van der Waals surface area contributed by atoms with E-state index in [1.165, 1.54) is 0 Å². The molecule has 0 aliphatic rings. The molecule has 0 aromatic rings. The fourth-order valence-corrected chi connectivity index (χ4v) is 0.348. The predicted octanol–water partition coefficient (Wildman–Crippen LogP) is 3.58. The van der Waals surface area contributed by atoms with Crippen LogP contribution in [0.5, 0.6) is 0 Å². The van der Waals surface area contributed by atoms with Crippen LogP contribution >= 0.6 is 0 Å². The highest BCUT2D eigenvalue weighted by Crippen LogP contribution is 1.95. The van der Waals surface area contributed by atoms with E-state index in [0.29, 0.717) is 0 Å². The van der Waals surface area contributed by atoms with Gasteiger partial charge in [0, 0.05) is 18.3 Å². The van der Waals surface area contributed by atoms with E-state index in [1.807, 2.05) is 33.1 Å². The Morgan fingerprint density at radius 2 is 2.00 bits per heavy atom. The SMILES string of the molecule is C=CCC=NC(=C)CC.CC. The van der Waals surface area contributed by atoms with Gasteiger partial charge in [-0.3, -0.25) is 4.99 Å². The average Bonchev–Trinajstić information content (AvgIpc) is 2.08. The minimum atomic E-state index is 0.832. The fraction of sp³-hybridized carbons (Fsp3) is 0.500. The highest BCUT2D eigenvalue weighted by atomic mass is 14.7. The Bertz CT molecular complexity index is 123. The Morgan fingerprint density at radius 3 is 2.36 bits per heavy atom. The van der Waals surface area contributed by atoms with Crippen LogP contribution in [-0.4, -0.2) is 6.21 Å². The van der Waals surface area contributed by atoms with Gasteiger partial charge < -0.3 is 0 Å². The van der Waals surface area contributed by atoms with E-state index in [2.05, 4.69) is 18.2 Å². The molecule has 0 saturated carbocycles. The normalized spacial score (nSPS) is 8.64. The molecule has 0 aliphatic heterocycles. The van der Waals surface area contributed by atoms with E-state index in [9.17, 15) is 0 Å². The van der Waals surface area contributed by atoms with Gasteiger partial charge in [-0.05, 0) is 6.42 Å². The van der Waals surface area contributed by atoms with Crippen LogP contribution in [-0.2, 0) is 0 Å². The smallest absolute Gasteiger partial charge is 0.0325 e. The van der Waals surface area contributed by atoms with Gasteiger partial charge in [0.1, 0.15) is 0 Å². The van der Waals surface area contributed by atoms with Gasteiger partial charge in [0.2, 0.25) is 0 Å². The van der Waals surface area contributed by atoms with Gasteiger partial charge in [-0.25, -0.2) is 0 Å². The molecule has 0 bridgehead atoms. The van der Waals surface area contributed by atoms with Crippen LogP contribution in [0.25, 0.3) is 0 Å². The molecule has 0 amide bonds.